The number of pyridine rings is 1. The predicted octanol–water partition coefficient (Wildman–Crippen LogP) is 2.19. The fourth-order valence-corrected chi connectivity index (χ4v) is 4.48. The van der Waals surface area contributed by atoms with E-state index < -0.39 is 0 Å². The zero-order valence-electron chi connectivity index (χ0n) is 15.5. The molecule has 1 aromatic rings. The first kappa shape index (κ1) is 17.9. The van der Waals surface area contributed by atoms with E-state index in [0.717, 1.165) is 44.6 Å². The van der Waals surface area contributed by atoms with Crippen LogP contribution in [0.1, 0.15) is 44.9 Å². The van der Waals surface area contributed by atoms with Crippen molar-refractivity contribution in [1.82, 2.24) is 9.88 Å². The quantitative estimate of drug-likeness (QED) is 0.804. The summed E-state index contributed by atoms with van der Waals surface area (Å²) >= 11 is 0. The van der Waals surface area contributed by atoms with Crippen molar-refractivity contribution in [3.63, 3.8) is 0 Å². The van der Waals surface area contributed by atoms with Crippen molar-refractivity contribution in [2.24, 2.45) is 11.8 Å². The first-order chi connectivity index (χ1) is 13.1. The Hall–Kier alpha value is -2.44. The number of anilines is 2. The van der Waals surface area contributed by atoms with E-state index in [4.69, 9.17) is 0 Å². The molecule has 1 aromatic heterocycles. The summed E-state index contributed by atoms with van der Waals surface area (Å²) in [7, 11) is 0. The Balaban J connectivity index is 1.29. The van der Waals surface area contributed by atoms with Crippen molar-refractivity contribution in [3.8, 4) is 0 Å². The van der Waals surface area contributed by atoms with Crippen molar-refractivity contribution in [1.29, 1.82) is 0 Å². The monoisotopic (exact) mass is 370 g/mol. The summed E-state index contributed by atoms with van der Waals surface area (Å²) in [4.78, 5) is 45.1. The van der Waals surface area contributed by atoms with E-state index in [2.05, 4.69) is 15.2 Å². The molecule has 2 saturated heterocycles. The standard InChI is InChI=1S/C20H26N4O3/c25-18(22-14-7-8-17(21-13-14)23-10-3-4-11-23)9-12-24-19(26)15-5-1-2-6-16(15)20(24)27/h7-8,13,15-16H,1-6,9-12H2,(H,22,25). The molecule has 2 unspecified atom stereocenters. The van der Waals surface area contributed by atoms with Gasteiger partial charge in [0.1, 0.15) is 5.82 Å². The molecule has 0 spiro atoms. The number of likely N-dealkylation sites (tertiary alicyclic amines) is 1. The zero-order valence-corrected chi connectivity index (χ0v) is 15.5. The summed E-state index contributed by atoms with van der Waals surface area (Å²) in [6.07, 6.45) is 7.77. The Bertz CT molecular complexity index is 703. The molecule has 3 fully saturated rings. The van der Waals surface area contributed by atoms with Crippen LogP contribution >= 0.6 is 0 Å². The van der Waals surface area contributed by atoms with Crippen LogP contribution in [0.2, 0.25) is 0 Å². The highest BCUT2D eigenvalue weighted by Gasteiger charge is 2.47. The Kier molecular flexibility index (Phi) is 5.09. The van der Waals surface area contributed by atoms with Crippen LogP contribution in [0.15, 0.2) is 18.3 Å². The summed E-state index contributed by atoms with van der Waals surface area (Å²) in [5, 5.41) is 2.81. The van der Waals surface area contributed by atoms with Gasteiger partial charge in [-0.25, -0.2) is 4.98 Å². The molecular formula is C20H26N4O3. The molecule has 3 aliphatic rings. The number of rotatable bonds is 5. The third kappa shape index (κ3) is 3.68. The fourth-order valence-electron chi connectivity index (χ4n) is 4.48. The third-order valence-corrected chi connectivity index (χ3v) is 5.96. The normalized spacial score (nSPS) is 25.0. The van der Waals surface area contributed by atoms with Gasteiger partial charge in [-0.15, -0.1) is 0 Å². The van der Waals surface area contributed by atoms with Crippen LogP contribution in [0.4, 0.5) is 11.5 Å². The van der Waals surface area contributed by atoms with Crippen LogP contribution in [-0.4, -0.2) is 47.2 Å². The van der Waals surface area contributed by atoms with Gasteiger partial charge in [-0.2, -0.15) is 0 Å². The number of aromatic nitrogens is 1. The number of imide groups is 1. The molecule has 0 aromatic carbocycles. The maximum Gasteiger partial charge on any atom is 0.233 e. The lowest BCUT2D eigenvalue weighted by atomic mass is 9.81. The lowest BCUT2D eigenvalue weighted by Gasteiger charge is -2.19. The first-order valence-electron chi connectivity index (χ1n) is 9.99. The summed E-state index contributed by atoms with van der Waals surface area (Å²) in [6.45, 7) is 2.22. The molecule has 144 valence electrons. The summed E-state index contributed by atoms with van der Waals surface area (Å²) in [5.74, 6) is 0.235. The van der Waals surface area contributed by atoms with Gasteiger partial charge in [0.15, 0.2) is 0 Å². The van der Waals surface area contributed by atoms with Crippen molar-refractivity contribution >= 4 is 29.2 Å². The SMILES string of the molecule is O=C(CCN1C(=O)C2CCCCC2C1=O)Nc1ccc(N2CCCC2)nc1. The minimum absolute atomic E-state index is 0.0888. The molecule has 1 saturated carbocycles. The van der Waals surface area contributed by atoms with Crippen LogP contribution < -0.4 is 10.2 Å². The number of nitrogens with zero attached hydrogens (tertiary/aromatic N) is 3. The largest absolute Gasteiger partial charge is 0.357 e. The van der Waals surface area contributed by atoms with Crippen LogP contribution in [0.3, 0.4) is 0 Å². The maximum absolute atomic E-state index is 12.4. The molecule has 1 aliphatic carbocycles. The van der Waals surface area contributed by atoms with E-state index in [-0.39, 0.29) is 42.5 Å². The molecule has 27 heavy (non-hydrogen) atoms. The van der Waals surface area contributed by atoms with E-state index in [9.17, 15) is 14.4 Å². The minimum atomic E-state index is -0.207. The van der Waals surface area contributed by atoms with E-state index in [1.807, 2.05) is 12.1 Å². The van der Waals surface area contributed by atoms with E-state index in [0.29, 0.717) is 5.69 Å². The van der Waals surface area contributed by atoms with Crippen molar-refractivity contribution in [3.05, 3.63) is 18.3 Å². The number of hydrogen-bond donors (Lipinski definition) is 1. The number of carbonyl (C=O) groups is 3. The predicted molar refractivity (Wildman–Crippen MR) is 101 cm³/mol. The van der Waals surface area contributed by atoms with Gasteiger partial charge in [-0.05, 0) is 37.8 Å². The van der Waals surface area contributed by atoms with Crippen molar-refractivity contribution in [2.45, 2.75) is 44.9 Å². The first-order valence-corrected chi connectivity index (χ1v) is 9.99. The summed E-state index contributed by atoms with van der Waals surface area (Å²) in [5.41, 5.74) is 0.635. The average Bonchev–Trinajstić information content (AvgIpc) is 3.30. The van der Waals surface area contributed by atoms with Gasteiger partial charge < -0.3 is 10.2 Å². The Morgan fingerprint density at radius 2 is 1.70 bits per heavy atom. The molecule has 7 heteroatoms. The molecule has 2 atom stereocenters. The smallest absolute Gasteiger partial charge is 0.233 e. The van der Waals surface area contributed by atoms with Gasteiger partial charge in [-0.3, -0.25) is 19.3 Å². The summed E-state index contributed by atoms with van der Waals surface area (Å²) in [6, 6.07) is 3.76. The Morgan fingerprint density at radius 3 is 2.30 bits per heavy atom. The molecular weight excluding hydrogens is 344 g/mol. The molecule has 1 N–H and O–H groups in total. The number of nitrogens with one attached hydrogen (secondary N) is 1. The van der Waals surface area contributed by atoms with Crippen LogP contribution in [0.5, 0.6) is 0 Å². The van der Waals surface area contributed by atoms with Crippen LogP contribution in [0, 0.1) is 11.8 Å². The zero-order chi connectivity index (χ0) is 18.8. The highest BCUT2D eigenvalue weighted by molar-refractivity contribution is 6.05. The Morgan fingerprint density at radius 1 is 1.04 bits per heavy atom. The van der Waals surface area contributed by atoms with Gasteiger partial charge >= 0.3 is 0 Å². The van der Waals surface area contributed by atoms with Gasteiger partial charge in [0.25, 0.3) is 0 Å². The van der Waals surface area contributed by atoms with Gasteiger partial charge in [0.2, 0.25) is 17.7 Å². The van der Waals surface area contributed by atoms with Gasteiger partial charge in [0.05, 0.1) is 23.7 Å². The molecule has 0 bridgehead atoms. The minimum Gasteiger partial charge on any atom is -0.357 e. The van der Waals surface area contributed by atoms with E-state index >= 15 is 0 Å². The lowest BCUT2D eigenvalue weighted by Crippen LogP contribution is -2.34. The van der Waals surface area contributed by atoms with Crippen LogP contribution in [0.25, 0.3) is 0 Å². The number of hydrogen-bond acceptors (Lipinski definition) is 5. The van der Waals surface area contributed by atoms with E-state index in [1.54, 1.807) is 6.20 Å². The van der Waals surface area contributed by atoms with Gasteiger partial charge in [-0.1, -0.05) is 12.8 Å². The topological polar surface area (TPSA) is 82.6 Å². The van der Waals surface area contributed by atoms with Crippen molar-refractivity contribution < 1.29 is 14.4 Å². The second-order valence-electron chi connectivity index (χ2n) is 7.72. The van der Waals surface area contributed by atoms with E-state index in [1.165, 1.54) is 17.7 Å². The number of fused-ring (bicyclic) bond motifs is 1. The second kappa shape index (κ2) is 7.66. The molecule has 0 radical (unpaired) electrons. The van der Waals surface area contributed by atoms with Crippen LogP contribution in [-0.2, 0) is 14.4 Å². The van der Waals surface area contributed by atoms with Gasteiger partial charge in [0, 0.05) is 26.1 Å². The highest BCUT2D eigenvalue weighted by atomic mass is 16.2. The molecule has 3 heterocycles. The maximum atomic E-state index is 12.4. The third-order valence-electron chi connectivity index (χ3n) is 5.96. The average molecular weight is 370 g/mol. The molecule has 3 amide bonds. The molecule has 7 nitrogen and oxygen atoms in total. The number of amides is 3. The summed E-state index contributed by atoms with van der Waals surface area (Å²) < 4.78 is 0. The number of carbonyl (C=O) groups excluding carboxylic acids is 3. The molecule has 2 aliphatic heterocycles. The molecule has 4 rings (SSSR count). The second-order valence-corrected chi connectivity index (χ2v) is 7.72. The lowest BCUT2D eigenvalue weighted by molar-refractivity contribution is -0.140. The highest BCUT2D eigenvalue weighted by Crippen LogP contribution is 2.38. The Labute approximate surface area is 159 Å². The fraction of sp³-hybridized carbons (Fsp3) is 0.600. The van der Waals surface area contributed by atoms with Crippen molar-refractivity contribution in [2.75, 3.05) is 29.9 Å².